The number of anilines is 1. The lowest BCUT2D eigenvalue weighted by Crippen LogP contribution is -2.42. The summed E-state index contributed by atoms with van der Waals surface area (Å²) >= 11 is 0. The van der Waals surface area contributed by atoms with Crippen LogP contribution in [0.5, 0.6) is 0 Å². The van der Waals surface area contributed by atoms with Crippen molar-refractivity contribution < 1.29 is 9.53 Å². The van der Waals surface area contributed by atoms with E-state index in [9.17, 15) is 10.1 Å². The van der Waals surface area contributed by atoms with Gasteiger partial charge in [0.2, 0.25) is 0 Å². The Labute approximate surface area is 169 Å². The number of hydrogen-bond donors (Lipinski definition) is 1. The molecule has 4 atom stereocenters. The lowest BCUT2D eigenvalue weighted by Gasteiger charge is -2.29. The number of hydrogen-bond acceptors (Lipinski definition) is 6. The topological polar surface area (TPSA) is 91.1 Å². The number of ether oxygens (including phenoxy) is 1. The zero-order valence-corrected chi connectivity index (χ0v) is 16.3. The minimum Gasteiger partial charge on any atom is -0.369 e. The second-order valence-corrected chi connectivity index (χ2v) is 8.30. The molecule has 1 spiro atoms. The molecule has 0 unspecified atom stereocenters. The number of aryl methyl sites for hydroxylation is 1. The van der Waals surface area contributed by atoms with Gasteiger partial charge in [0.15, 0.2) is 0 Å². The van der Waals surface area contributed by atoms with Crippen LogP contribution in [0.2, 0.25) is 0 Å². The molecular weight excluding hydrogens is 366 g/mol. The molecule has 2 bridgehead atoms. The Bertz CT molecular complexity index is 1000. The van der Waals surface area contributed by atoms with Crippen LogP contribution in [0.25, 0.3) is 0 Å². The molecule has 1 amide bonds. The Morgan fingerprint density at radius 3 is 3.17 bits per heavy atom. The third-order valence-electron chi connectivity index (χ3n) is 6.77. The molecule has 2 aromatic rings. The van der Waals surface area contributed by atoms with E-state index in [-0.39, 0.29) is 23.5 Å². The first-order valence-electron chi connectivity index (χ1n) is 10.1. The van der Waals surface area contributed by atoms with E-state index in [1.807, 2.05) is 13.0 Å². The molecule has 1 N–H and O–H groups in total. The lowest BCUT2D eigenvalue weighted by atomic mass is 9.73. The zero-order chi connectivity index (χ0) is 20.0. The van der Waals surface area contributed by atoms with Crippen LogP contribution in [0, 0.1) is 30.1 Å². The highest BCUT2D eigenvalue weighted by atomic mass is 16.5. The molecule has 3 saturated heterocycles. The fourth-order valence-electron chi connectivity index (χ4n) is 5.37. The third kappa shape index (κ3) is 2.87. The Balaban J connectivity index is 1.33. The van der Waals surface area contributed by atoms with E-state index in [2.05, 4.69) is 26.3 Å². The average molecular weight is 389 g/mol. The second-order valence-electron chi connectivity index (χ2n) is 8.30. The molecular formula is C22H23N5O2. The van der Waals surface area contributed by atoms with Crippen LogP contribution in [0.4, 0.5) is 5.82 Å². The molecule has 29 heavy (non-hydrogen) atoms. The number of carbonyl (C=O) groups is 1. The summed E-state index contributed by atoms with van der Waals surface area (Å²) in [6, 6.07) is 7.69. The van der Waals surface area contributed by atoms with Crippen LogP contribution < -0.4 is 10.2 Å². The van der Waals surface area contributed by atoms with Gasteiger partial charge in [-0.2, -0.15) is 5.26 Å². The van der Waals surface area contributed by atoms with Crippen molar-refractivity contribution in [1.82, 2.24) is 15.3 Å². The first kappa shape index (κ1) is 18.1. The standard InChI is InChI=1S/C22H23N5O2/c1-14-5-8-24-10-16(14)21(28)26-11-17-18-12-27(13-22(18)6-4-19(17)29-22)20-15(9-23)3-2-7-25-20/h2-3,5,7-8,10,17-19H,4,6,11-13H2,1H3,(H,26,28)/t17-,18+,19+,22+/m0/s1. The lowest BCUT2D eigenvalue weighted by molar-refractivity contribution is 0.0141. The van der Waals surface area contributed by atoms with Crippen molar-refractivity contribution in [1.29, 1.82) is 5.26 Å². The van der Waals surface area contributed by atoms with Gasteiger partial charge in [0, 0.05) is 50.1 Å². The van der Waals surface area contributed by atoms with E-state index in [4.69, 9.17) is 4.74 Å². The number of amides is 1. The first-order valence-corrected chi connectivity index (χ1v) is 10.1. The summed E-state index contributed by atoms with van der Waals surface area (Å²) < 4.78 is 6.47. The highest BCUT2D eigenvalue weighted by Crippen LogP contribution is 2.55. The highest BCUT2D eigenvalue weighted by molar-refractivity contribution is 5.95. The molecule has 3 aliphatic rings. The summed E-state index contributed by atoms with van der Waals surface area (Å²) in [4.78, 5) is 23.4. The van der Waals surface area contributed by atoms with Gasteiger partial charge in [0.05, 0.1) is 22.8 Å². The molecule has 0 radical (unpaired) electrons. The quantitative estimate of drug-likeness (QED) is 0.861. The summed E-state index contributed by atoms with van der Waals surface area (Å²) in [5, 5.41) is 12.5. The molecule has 3 fully saturated rings. The molecule has 7 heteroatoms. The van der Waals surface area contributed by atoms with Gasteiger partial charge in [-0.15, -0.1) is 0 Å². The predicted octanol–water partition coefficient (Wildman–Crippen LogP) is 2.07. The van der Waals surface area contributed by atoms with Crippen molar-refractivity contribution in [2.45, 2.75) is 31.5 Å². The smallest absolute Gasteiger partial charge is 0.253 e. The molecule has 148 valence electrons. The number of nitrogens with zero attached hydrogens (tertiary/aromatic N) is 4. The van der Waals surface area contributed by atoms with Crippen LogP contribution in [-0.2, 0) is 4.74 Å². The van der Waals surface area contributed by atoms with Gasteiger partial charge in [-0.05, 0) is 43.5 Å². The van der Waals surface area contributed by atoms with Crippen LogP contribution in [0.3, 0.4) is 0 Å². The summed E-state index contributed by atoms with van der Waals surface area (Å²) in [6.07, 6.45) is 7.28. The number of pyridine rings is 2. The molecule has 0 aromatic carbocycles. The van der Waals surface area contributed by atoms with Crippen molar-refractivity contribution in [2.24, 2.45) is 11.8 Å². The second kappa shape index (κ2) is 6.82. The molecule has 3 aliphatic heterocycles. The summed E-state index contributed by atoms with van der Waals surface area (Å²) in [5.74, 6) is 1.24. The van der Waals surface area contributed by atoms with Crippen LogP contribution in [-0.4, -0.2) is 47.2 Å². The Kier molecular flexibility index (Phi) is 4.25. The van der Waals surface area contributed by atoms with Gasteiger partial charge < -0.3 is 15.0 Å². The van der Waals surface area contributed by atoms with Gasteiger partial charge in [-0.1, -0.05) is 0 Å². The van der Waals surface area contributed by atoms with Crippen LogP contribution in [0.1, 0.15) is 34.3 Å². The molecule has 0 saturated carbocycles. The maximum absolute atomic E-state index is 12.6. The fourth-order valence-corrected chi connectivity index (χ4v) is 5.37. The fraction of sp³-hybridized carbons (Fsp3) is 0.455. The maximum atomic E-state index is 12.6. The largest absolute Gasteiger partial charge is 0.369 e. The van der Waals surface area contributed by atoms with Crippen LogP contribution in [0.15, 0.2) is 36.8 Å². The first-order chi connectivity index (χ1) is 14.1. The maximum Gasteiger partial charge on any atom is 0.253 e. The van der Waals surface area contributed by atoms with E-state index in [0.717, 1.165) is 37.3 Å². The summed E-state index contributed by atoms with van der Waals surface area (Å²) in [5.41, 5.74) is 1.94. The SMILES string of the molecule is Cc1ccncc1C(=O)NC[C@H]1[C@H]2CN(c3ncccc3C#N)C[C@]23CC[C@H]1O3. The van der Waals surface area contributed by atoms with E-state index < -0.39 is 0 Å². The van der Waals surface area contributed by atoms with Gasteiger partial charge >= 0.3 is 0 Å². The van der Waals surface area contributed by atoms with Crippen molar-refractivity contribution in [3.8, 4) is 6.07 Å². The van der Waals surface area contributed by atoms with Gasteiger partial charge in [-0.3, -0.25) is 9.78 Å². The van der Waals surface area contributed by atoms with Crippen molar-refractivity contribution >= 4 is 11.7 Å². The molecule has 0 aliphatic carbocycles. The molecule has 5 heterocycles. The number of fused-ring (bicyclic) bond motifs is 1. The number of nitriles is 1. The Hall–Kier alpha value is -2.98. The average Bonchev–Trinajstić information content (AvgIpc) is 3.41. The number of nitrogens with one attached hydrogen (secondary N) is 1. The van der Waals surface area contributed by atoms with E-state index in [1.165, 1.54) is 0 Å². The van der Waals surface area contributed by atoms with Gasteiger partial charge in [0.1, 0.15) is 11.9 Å². The summed E-state index contributed by atoms with van der Waals surface area (Å²) in [6.45, 7) is 4.06. The minimum absolute atomic E-state index is 0.0845. The number of aromatic nitrogens is 2. The highest BCUT2D eigenvalue weighted by Gasteiger charge is 2.63. The normalized spacial score (nSPS) is 29.5. The van der Waals surface area contributed by atoms with Gasteiger partial charge in [0.25, 0.3) is 5.91 Å². The monoisotopic (exact) mass is 389 g/mol. The number of carbonyl (C=O) groups excluding carboxylic acids is 1. The molecule has 7 nitrogen and oxygen atoms in total. The van der Waals surface area contributed by atoms with E-state index >= 15 is 0 Å². The molecule has 2 aromatic heterocycles. The molecule has 5 rings (SSSR count). The van der Waals surface area contributed by atoms with E-state index in [0.29, 0.717) is 23.6 Å². The summed E-state index contributed by atoms with van der Waals surface area (Å²) in [7, 11) is 0. The number of rotatable bonds is 4. The third-order valence-corrected chi connectivity index (χ3v) is 6.77. The Morgan fingerprint density at radius 1 is 1.45 bits per heavy atom. The minimum atomic E-state index is -0.186. The Morgan fingerprint density at radius 2 is 2.34 bits per heavy atom. The predicted molar refractivity (Wildman–Crippen MR) is 106 cm³/mol. The van der Waals surface area contributed by atoms with Crippen LogP contribution >= 0.6 is 0 Å². The van der Waals surface area contributed by atoms with Crippen molar-refractivity contribution in [3.63, 3.8) is 0 Å². The van der Waals surface area contributed by atoms with Crippen molar-refractivity contribution in [2.75, 3.05) is 24.5 Å². The van der Waals surface area contributed by atoms with E-state index in [1.54, 1.807) is 30.7 Å². The zero-order valence-electron chi connectivity index (χ0n) is 16.3. The van der Waals surface area contributed by atoms with Crippen molar-refractivity contribution in [3.05, 3.63) is 53.5 Å². The van der Waals surface area contributed by atoms with Gasteiger partial charge in [-0.25, -0.2) is 4.98 Å².